The molecular weight excluding hydrogens is 1700 g/mol. The average Bonchev–Trinajstić information content (AvgIpc) is 1.53. The Morgan fingerprint density at radius 1 is 0.241 bits per heavy atom. The van der Waals surface area contributed by atoms with E-state index in [4.69, 9.17) is 9.47 Å². The molecule has 4 aliphatic heterocycles. The molecule has 21 aromatic carbocycles. The van der Waals surface area contributed by atoms with Gasteiger partial charge in [0.15, 0.2) is 0 Å². The van der Waals surface area contributed by atoms with Crippen LogP contribution in [0.4, 0.5) is 34.1 Å². The first-order valence-electron chi connectivity index (χ1n) is 47.8. The van der Waals surface area contributed by atoms with Crippen molar-refractivity contribution >= 4 is 90.0 Å². The normalized spacial score (nSPS) is 17.2. The van der Waals surface area contributed by atoms with Crippen LogP contribution < -0.4 is 19.3 Å². The van der Waals surface area contributed by atoms with E-state index in [2.05, 4.69) is 478 Å². The Morgan fingerprint density at radius 3 is 1.14 bits per heavy atom. The van der Waals surface area contributed by atoms with Crippen molar-refractivity contribution in [1.82, 2.24) is 0 Å². The summed E-state index contributed by atoms with van der Waals surface area (Å²) in [6.45, 7) is 2.43. The molecule has 4 spiro atoms. The summed E-state index contributed by atoms with van der Waals surface area (Å²) in [6.07, 6.45) is 5.93. The molecule has 0 saturated heterocycles. The molecule has 5 aliphatic carbocycles. The molecule has 4 heterocycles. The first-order chi connectivity index (χ1) is 67.9. The molecule has 0 saturated carbocycles. The number of fused-ring (bicyclic) bond motifs is 39. The fourth-order valence-electron chi connectivity index (χ4n) is 26.4. The van der Waals surface area contributed by atoms with Crippen LogP contribution in [0.15, 0.2) is 486 Å². The molecule has 3 atom stereocenters. The lowest BCUT2D eigenvalue weighted by Crippen LogP contribution is -2.34. The number of hydrogen-bond donors (Lipinski definition) is 0. The van der Waals surface area contributed by atoms with Crippen molar-refractivity contribution in [2.24, 2.45) is 5.92 Å². The van der Waals surface area contributed by atoms with Crippen LogP contribution >= 0.6 is 23.5 Å². The fourth-order valence-corrected chi connectivity index (χ4v) is 29.0. The maximum Gasteiger partial charge on any atom is 0.132 e. The molecule has 0 amide bonds. The second-order valence-electron chi connectivity index (χ2n) is 38.0. The third kappa shape index (κ3) is 10.2. The quantitative estimate of drug-likeness (QED) is 0.141. The van der Waals surface area contributed by atoms with Gasteiger partial charge in [0.05, 0.1) is 44.4 Å². The number of thioether (sulfide) groups is 1. The van der Waals surface area contributed by atoms with E-state index in [-0.39, 0.29) is 0 Å². The average molecular weight is 1780 g/mol. The number of ether oxygens (including phenoxy) is 2. The van der Waals surface area contributed by atoms with E-state index in [1.54, 1.807) is 0 Å². The molecule has 3 unspecified atom stereocenters. The van der Waals surface area contributed by atoms with Crippen LogP contribution in [0.25, 0.3) is 99.1 Å². The van der Waals surface area contributed by atoms with Gasteiger partial charge in [-0.1, -0.05) is 394 Å². The zero-order valence-corrected chi connectivity index (χ0v) is 76.3. The second kappa shape index (κ2) is 28.9. The standard InChI is InChI=1S/C131H82N2O2S2/c1-79-30-24-53-111-127(79)137-121-63-23-17-48-105(121)131(111)99-42-11-7-37-95(99)126-110(131)52-29-57-115(126)133(114-56-27-50-108-124(114)93-35-5-9-40-97(93)129(108)102-45-14-20-60-118(102)135-119-61-21-15-46-103(119)129)87-72-74-91-83(77-87)32-25-38-89(91)85-69-75-106-122(78-85)136-120-62-22-16-47-104(120)130(106)98-41-10-6-36-94(98)125-109(130)51-28-55-113(125)132(86-70-66-80(67-71-86)82-68-73-90-84(76-82)65-64-81-31-2-3-33-88(81)90)112-54-26-49-107-123(112)92-34-4-8-39-96(92)128(107)100-43-12-18-58-116(100)134-117-59-19-13-44-101(117)128/h2-29,31-79H,30H2,1H3. The van der Waals surface area contributed by atoms with Gasteiger partial charge in [-0.3, -0.25) is 0 Å². The molecule has 4 nitrogen and oxygen atoms in total. The van der Waals surface area contributed by atoms with Gasteiger partial charge in [-0.05, 0) is 258 Å². The van der Waals surface area contributed by atoms with Gasteiger partial charge in [0.2, 0.25) is 0 Å². The van der Waals surface area contributed by atoms with Gasteiger partial charge >= 0.3 is 0 Å². The number of allylic oxidation sites excluding steroid dienone is 4. The lowest BCUT2D eigenvalue weighted by molar-refractivity contribution is 0.436. The summed E-state index contributed by atoms with van der Waals surface area (Å²) in [5, 5.41) is 7.30. The highest BCUT2D eigenvalue weighted by Crippen LogP contribution is 2.72. The Morgan fingerprint density at radius 2 is 0.599 bits per heavy atom. The van der Waals surface area contributed by atoms with E-state index < -0.39 is 21.7 Å². The number of benzene rings is 21. The number of nitrogens with zero attached hydrogens (tertiary/aromatic N) is 2. The summed E-state index contributed by atoms with van der Waals surface area (Å²) in [7, 11) is 0. The lowest BCUT2D eigenvalue weighted by Gasteiger charge is -2.43. The zero-order valence-electron chi connectivity index (χ0n) is 74.7. The van der Waals surface area contributed by atoms with Gasteiger partial charge in [-0.25, -0.2) is 0 Å². The van der Waals surface area contributed by atoms with E-state index in [1.807, 2.05) is 23.5 Å². The van der Waals surface area contributed by atoms with Gasteiger partial charge < -0.3 is 19.3 Å². The van der Waals surface area contributed by atoms with E-state index in [1.165, 1.54) is 169 Å². The Balaban J connectivity index is 0.606. The van der Waals surface area contributed by atoms with Gasteiger partial charge in [0.1, 0.15) is 23.0 Å². The third-order valence-corrected chi connectivity index (χ3v) is 34.2. The first-order valence-corrected chi connectivity index (χ1v) is 49.4. The highest BCUT2D eigenvalue weighted by atomic mass is 32.2. The van der Waals surface area contributed by atoms with Crippen LogP contribution in [-0.4, -0.2) is 0 Å². The van der Waals surface area contributed by atoms with Crippen LogP contribution in [0.1, 0.15) is 96.8 Å². The van der Waals surface area contributed by atoms with Crippen LogP contribution in [0, 0.1) is 5.92 Å². The van der Waals surface area contributed by atoms with Crippen molar-refractivity contribution in [3.05, 3.63) is 555 Å². The molecule has 137 heavy (non-hydrogen) atoms. The van der Waals surface area contributed by atoms with E-state index in [0.29, 0.717) is 5.92 Å². The minimum absolute atomic E-state index is 0.363. The highest BCUT2D eigenvalue weighted by molar-refractivity contribution is 8.03. The summed E-state index contributed by atoms with van der Waals surface area (Å²) in [4.78, 5) is 10.5. The number of rotatable bonds is 8. The molecule has 21 aromatic rings. The van der Waals surface area contributed by atoms with Crippen molar-refractivity contribution in [2.45, 2.75) is 49.7 Å². The topological polar surface area (TPSA) is 24.9 Å². The predicted octanol–water partition coefficient (Wildman–Crippen LogP) is 34.5. The maximum atomic E-state index is 6.97. The smallest absolute Gasteiger partial charge is 0.132 e. The molecule has 0 radical (unpaired) electrons. The van der Waals surface area contributed by atoms with Gasteiger partial charge in [-0.15, -0.1) is 0 Å². The van der Waals surface area contributed by atoms with Crippen molar-refractivity contribution < 1.29 is 9.47 Å². The first kappa shape index (κ1) is 77.2. The molecular formula is C131H82N2O2S2. The Kier molecular flexibility index (Phi) is 16.3. The second-order valence-corrected chi connectivity index (χ2v) is 40.2. The van der Waals surface area contributed by atoms with Crippen molar-refractivity contribution in [2.75, 3.05) is 9.80 Å². The molecule has 30 rings (SSSR count). The monoisotopic (exact) mass is 1780 g/mol. The zero-order chi connectivity index (χ0) is 89.7. The molecule has 9 aliphatic rings. The molecule has 0 fully saturated rings. The third-order valence-electron chi connectivity index (χ3n) is 31.7. The van der Waals surface area contributed by atoms with E-state index in [9.17, 15) is 0 Å². The molecule has 0 aromatic heterocycles. The van der Waals surface area contributed by atoms with Crippen LogP contribution in [0.2, 0.25) is 0 Å². The molecule has 0 bridgehead atoms. The molecule has 0 N–H and O–H groups in total. The molecule has 640 valence electrons. The van der Waals surface area contributed by atoms with Gasteiger partial charge in [0, 0.05) is 70.6 Å². The predicted molar refractivity (Wildman–Crippen MR) is 563 cm³/mol. The maximum absolute atomic E-state index is 6.97. The van der Waals surface area contributed by atoms with Crippen molar-refractivity contribution in [3.63, 3.8) is 0 Å². The molecule has 6 heteroatoms. The van der Waals surface area contributed by atoms with E-state index in [0.717, 1.165) is 102 Å². The fraction of sp³-hybridized carbons (Fsp3) is 0.0534. The SMILES string of the molecule is CC1CC=CC2=C1Sc1ccccc1C21c2ccccc2-c2c(N(c3ccc4c(-c5ccc6c(c5)Sc5ccccc5C65c6ccccc6-c6c(N(c7ccc(-c8ccc9c(ccc%10ccccc%109)c8)cc7)c7cccc8c7-c7ccccc7C87c8ccccc8Oc8ccccc87)cccc65)cccc4c3)c3cccc4c3-c3ccccc3C43c4ccccc4Oc4ccccc43)cccc21. The largest absolute Gasteiger partial charge is 0.457 e. The highest BCUT2D eigenvalue weighted by Gasteiger charge is 2.58. The number of para-hydroxylation sites is 4. The minimum atomic E-state index is -0.742. The van der Waals surface area contributed by atoms with Crippen LogP contribution in [-0.2, 0) is 21.7 Å². The minimum Gasteiger partial charge on any atom is -0.457 e. The number of anilines is 6. The summed E-state index contributed by atoms with van der Waals surface area (Å²) < 4.78 is 13.9. The summed E-state index contributed by atoms with van der Waals surface area (Å²) in [6, 6.07) is 171. The van der Waals surface area contributed by atoms with Crippen molar-refractivity contribution in [3.8, 4) is 89.8 Å². The Hall–Kier alpha value is -16.2. The van der Waals surface area contributed by atoms with Crippen LogP contribution in [0.5, 0.6) is 23.0 Å². The summed E-state index contributed by atoms with van der Waals surface area (Å²) in [5.41, 5.74) is 38.1. The Bertz CT molecular complexity index is 8890. The van der Waals surface area contributed by atoms with E-state index >= 15 is 0 Å². The lowest BCUT2D eigenvalue weighted by atomic mass is 9.65. The van der Waals surface area contributed by atoms with Gasteiger partial charge in [-0.2, -0.15) is 0 Å². The summed E-state index contributed by atoms with van der Waals surface area (Å²) in [5.74, 6) is 3.84. The Labute approximate surface area is 803 Å². The van der Waals surface area contributed by atoms with Crippen LogP contribution in [0.3, 0.4) is 0 Å². The number of hydrogen-bond acceptors (Lipinski definition) is 6. The summed E-state index contributed by atoms with van der Waals surface area (Å²) >= 11 is 3.88. The van der Waals surface area contributed by atoms with Crippen molar-refractivity contribution in [1.29, 1.82) is 0 Å². The van der Waals surface area contributed by atoms with Gasteiger partial charge in [0.25, 0.3) is 0 Å².